The minimum Gasteiger partial charge on any atom is -0.371 e. The van der Waals surface area contributed by atoms with E-state index in [0.29, 0.717) is 17.9 Å². The third-order valence-corrected chi connectivity index (χ3v) is 7.95. The highest BCUT2D eigenvalue weighted by molar-refractivity contribution is 5.18. The Bertz CT molecular complexity index is 513. The Hall–Kier alpha value is -0.120. The van der Waals surface area contributed by atoms with Crippen LogP contribution in [0.15, 0.2) is 0 Å². The molecule has 130 valence electrons. The van der Waals surface area contributed by atoms with Gasteiger partial charge in [0.1, 0.15) is 0 Å². The summed E-state index contributed by atoms with van der Waals surface area (Å²) >= 11 is 0. The third kappa shape index (κ3) is 1.99. The van der Waals surface area contributed by atoms with Crippen LogP contribution in [0.2, 0.25) is 0 Å². The van der Waals surface area contributed by atoms with E-state index in [9.17, 15) is 0 Å². The van der Waals surface area contributed by atoms with E-state index in [0.717, 1.165) is 31.3 Å². The molecular formula is C20H32O3. The van der Waals surface area contributed by atoms with E-state index in [1.165, 1.54) is 25.7 Å². The molecule has 5 fully saturated rings. The van der Waals surface area contributed by atoms with Gasteiger partial charge in [-0.15, -0.1) is 0 Å². The van der Waals surface area contributed by atoms with Crippen LogP contribution < -0.4 is 0 Å². The van der Waals surface area contributed by atoms with Gasteiger partial charge < -0.3 is 14.2 Å². The number of ether oxygens (including phenoxy) is 3. The lowest BCUT2D eigenvalue weighted by Gasteiger charge is -2.52. The summed E-state index contributed by atoms with van der Waals surface area (Å²) in [5, 5.41) is 0. The van der Waals surface area contributed by atoms with Gasteiger partial charge in [0.2, 0.25) is 0 Å². The van der Waals surface area contributed by atoms with Crippen LogP contribution in [-0.2, 0) is 14.2 Å². The zero-order valence-electron chi connectivity index (χ0n) is 15.1. The molecule has 4 aliphatic heterocycles. The Balaban J connectivity index is 1.59. The number of rotatable bonds is 1. The molecule has 23 heavy (non-hydrogen) atoms. The van der Waals surface area contributed by atoms with Crippen LogP contribution in [0.25, 0.3) is 0 Å². The highest BCUT2D eigenvalue weighted by Crippen LogP contribution is 2.64. The van der Waals surface area contributed by atoms with E-state index in [4.69, 9.17) is 14.2 Å². The number of epoxide rings is 1. The van der Waals surface area contributed by atoms with Crippen LogP contribution in [0.3, 0.4) is 0 Å². The van der Waals surface area contributed by atoms with Gasteiger partial charge >= 0.3 is 0 Å². The second-order valence-electron chi connectivity index (χ2n) is 9.92. The molecular weight excluding hydrogens is 288 g/mol. The van der Waals surface area contributed by atoms with E-state index in [1.54, 1.807) is 0 Å². The molecule has 0 aromatic rings. The maximum atomic E-state index is 6.80. The lowest BCUT2D eigenvalue weighted by Crippen LogP contribution is -2.58. The number of hydrogen-bond acceptors (Lipinski definition) is 3. The molecule has 8 atom stereocenters. The molecule has 5 rings (SSSR count). The summed E-state index contributed by atoms with van der Waals surface area (Å²) in [6.45, 7) is 10.4. The first kappa shape index (κ1) is 15.2. The van der Waals surface area contributed by atoms with Crippen LogP contribution in [0.5, 0.6) is 0 Å². The second kappa shape index (κ2) is 4.53. The molecule has 5 aliphatic rings. The Labute approximate surface area is 140 Å². The highest BCUT2D eigenvalue weighted by Gasteiger charge is 2.70. The molecule has 4 saturated heterocycles. The second-order valence-corrected chi connectivity index (χ2v) is 9.92. The van der Waals surface area contributed by atoms with Crippen molar-refractivity contribution in [3.8, 4) is 0 Å². The third-order valence-electron chi connectivity index (χ3n) is 7.95. The van der Waals surface area contributed by atoms with Crippen LogP contribution in [0, 0.1) is 23.7 Å². The fourth-order valence-electron chi connectivity index (χ4n) is 6.93. The Kier molecular flexibility index (Phi) is 2.99. The molecule has 3 heteroatoms. The quantitative estimate of drug-likeness (QED) is 0.686. The molecule has 1 saturated carbocycles. The van der Waals surface area contributed by atoms with Gasteiger partial charge in [-0.05, 0) is 63.7 Å². The first-order chi connectivity index (χ1) is 10.9. The van der Waals surface area contributed by atoms with Crippen molar-refractivity contribution in [1.82, 2.24) is 0 Å². The summed E-state index contributed by atoms with van der Waals surface area (Å²) in [5.41, 5.74) is 0.0772. The Morgan fingerprint density at radius 3 is 2.57 bits per heavy atom. The number of fused-ring (bicyclic) bond motifs is 9. The van der Waals surface area contributed by atoms with Crippen molar-refractivity contribution in [2.24, 2.45) is 23.7 Å². The summed E-state index contributed by atoms with van der Waals surface area (Å²) in [5.74, 6) is 2.72. The molecule has 0 unspecified atom stereocenters. The Morgan fingerprint density at radius 2 is 1.87 bits per heavy atom. The van der Waals surface area contributed by atoms with Crippen molar-refractivity contribution in [2.45, 2.75) is 95.2 Å². The van der Waals surface area contributed by atoms with E-state index >= 15 is 0 Å². The summed E-state index contributed by atoms with van der Waals surface area (Å²) in [7, 11) is 0. The molecule has 0 aromatic carbocycles. The molecule has 0 amide bonds. The predicted octanol–water partition coefficient (Wildman–Crippen LogP) is 3.94. The fraction of sp³-hybridized carbons (Fsp3) is 1.00. The van der Waals surface area contributed by atoms with Crippen molar-refractivity contribution < 1.29 is 14.2 Å². The maximum Gasteiger partial charge on any atom is 0.0973 e. The average Bonchev–Trinajstić information content (AvgIpc) is 3.12. The van der Waals surface area contributed by atoms with E-state index in [-0.39, 0.29) is 22.9 Å². The van der Waals surface area contributed by atoms with Gasteiger partial charge in [0, 0.05) is 12.3 Å². The largest absolute Gasteiger partial charge is 0.371 e. The van der Waals surface area contributed by atoms with Crippen LogP contribution in [-0.4, -0.2) is 35.6 Å². The molecule has 0 aromatic heterocycles. The number of hydrogen-bond donors (Lipinski definition) is 0. The first-order valence-corrected chi connectivity index (χ1v) is 9.86. The van der Waals surface area contributed by atoms with Gasteiger partial charge in [0.15, 0.2) is 0 Å². The first-order valence-electron chi connectivity index (χ1n) is 9.86. The zero-order valence-corrected chi connectivity index (χ0v) is 15.1. The molecule has 0 N–H and O–H groups in total. The smallest absolute Gasteiger partial charge is 0.0973 e. The van der Waals surface area contributed by atoms with Gasteiger partial charge in [0.25, 0.3) is 0 Å². The lowest BCUT2D eigenvalue weighted by molar-refractivity contribution is -0.211. The van der Waals surface area contributed by atoms with Gasteiger partial charge in [0.05, 0.1) is 35.6 Å². The van der Waals surface area contributed by atoms with Crippen molar-refractivity contribution >= 4 is 0 Å². The van der Waals surface area contributed by atoms with Crippen molar-refractivity contribution in [3.05, 3.63) is 0 Å². The monoisotopic (exact) mass is 320 g/mol. The molecule has 1 spiro atoms. The van der Waals surface area contributed by atoms with Gasteiger partial charge in [-0.2, -0.15) is 0 Å². The summed E-state index contributed by atoms with van der Waals surface area (Å²) < 4.78 is 19.7. The van der Waals surface area contributed by atoms with Gasteiger partial charge in [-0.1, -0.05) is 13.8 Å². The SMILES string of the molecule is CC(C)[C@H]1CC[C@]2(CO2)[C@H]2[C@@H]1[C@H]1O[C@@H]2C[C@]2(C)CCC[C@@]1(C)O2. The zero-order chi connectivity index (χ0) is 16.0. The van der Waals surface area contributed by atoms with Crippen molar-refractivity contribution in [3.63, 3.8) is 0 Å². The predicted molar refractivity (Wildman–Crippen MR) is 88.2 cm³/mol. The summed E-state index contributed by atoms with van der Waals surface area (Å²) in [6, 6.07) is 0. The van der Waals surface area contributed by atoms with Crippen molar-refractivity contribution in [2.75, 3.05) is 6.61 Å². The van der Waals surface area contributed by atoms with Crippen LogP contribution in [0.1, 0.15) is 66.2 Å². The lowest BCUT2D eigenvalue weighted by atomic mass is 9.57. The van der Waals surface area contributed by atoms with E-state index in [1.807, 2.05) is 0 Å². The normalized spacial score (nSPS) is 60.7. The highest BCUT2D eigenvalue weighted by atomic mass is 16.6. The minimum atomic E-state index is -0.0955. The average molecular weight is 320 g/mol. The summed E-state index contributed by atoms with van der Waals surface area (Å²) in [4.78, 5) is 0. The van der Waals surface area contributed by atoms with Gasteiger partial charge in [-0.3, -0.25) is 0 Å². The summed E-state index contributed by atoms with van der Waals surface area (Å²) in [6.07, 6.45) is 7.86. The minimum absolute atomic E-state index is 0.0121. The van der Waals surface area contributed by atoms with E-state index < -0.39 is 0 Å². The van der Waals surface area contributed by atoms with Gasteiger partial charge in [-0.25, -0.2) is 0 Å². The molecule has 4 bridgehead atoms. The van der Waals surface area contributed by atoms with E-state index in [2.05, 4.69) is 27.7 Å². The van der Waals surface area contributed by atoms with Crippen LogP contribution in [0.4, 0.5) is 0 Å². The van der Waals surface area contributed by atoms with Crippen LogP contribution >= 0.6 is 0 Å². The standard InChI is InChI=1S/C20H32O3/c1-12(2)13-6-9-20(11-21-20)16-14-10-18(3)7-5-8-19(4,23-18)17(22-14)15(13)16/h12-17H,5-11H2,1-4H3/t13-,14-,15-,16-,17-,18+,19-,20+/m1/s1. The fourth-order valence-corrected chi connectivity index (χ4v) is 6.93. The molecule has 3 nitrogen and oxygen atoms in total. The maximum absolute atomic E-state index is 6.80. The molecule has 4 heterocycles. The molecule has 1 aliphatic carbocycles. The molecule has 0 radical (unpaired) electrons. The Morgan fingerprint density at radius 1 is 1.09 bits per heavy atom. The topological polar surface area (TPSA) is 31.0 Å². The van der Waals surface area contributed by atoms with Crippen molar-refractivity contribution in [1.29, 1.82) is 0 Å².